The van der Waals surface area contributed by atoms with Crippen molar-refractivity contribution in [3.05, 3.63) is 29.7 Å². The maximum atomic E-state index is 14.4. The number of thiophene rings is 1. The number of halogens is 1. The summed E-state index contributed by atoms with van der Waals surface area (Å²) in [5.74, 6) is 0.0782. The van der Waals surface area contributed by atoms with Crippen molar-refractivity contribution in [1.29, 1.82) is 0 Å². The molecule has 0 radical (unpaired) electrons. The van der Waals surface area contributed by atoms with Crippen molar-refractivity contribution in [2.75, 3.05) is 25.0 Å². The lowest BCUT2D eigenvalue weighted by Gasteiger charge is -2.39. The lowest BCUT2D eigenvalue weighted by Crippen LogP contribution is -2.57. The Hall–Kier alpha value is -1.53. The molecule has 3 heterocycles. The van der Waals surface area contributed by atoms with Crippen LogP contribution < -0.4 is 10.2 Å². The second-order valence-corrected chi connectivity index (χ2v) is 5.18. The molecule has 0 atom stereocenters. The van der Waals surface area contributed by atoms with Gasteiger partial charge in [-0.1, -0.05) is 6.07 Å². The van der Waals surface area contributed by atoms with Crippen molar-refractivity contribution in [3.63, 3.8) is 0 Å². The Labute approximate surface area is 108 Å². The highest BCUT2D eigenvalue weighted by Gasteiger charge is 2.29. The van der Waals surface area contributed by atoms with E-state index in [1.165, 1.54) is 17.7 Å². The average molecular weight is 264 g/mol. The van der Waals surface area contributed by atoms with E-state index in [0.29, 0.717) is 17.6 Å². The Balaban J connectivity index is 1.91. The van der Waals surface area contributed by atoms with Gasteiger partial charge in [0.1, 0.15) is 12.0 Å². The van der Waals surface area contributed by atoms with Gasteiger partial charge in [-0.25, -0.2) is 14.4 Å². The molecule has 94 valence electrons. The highest BCUT2D eigenvalue weighted by atomic mass is 32.1. The summed E-state index contributed by atoms with van der Waals surface area (Å²) in [6, 6.07) is 4.18. The Bertz CT molecular complexity index is 537. The van der Waals surface area contributed by atoms with Crippen molar-refractivity contribution >= 4 is 17.2 Å². The second kappa shape index (κ2) is 4.62. The van der Waals surface area contributed by atoms with Crippen LogP contribution in [0.25, 0.3) is 10.6 Å². The van der Waals surface area contributed by atoms with Crippen molar-refractivity contribution in [2.45, 2.75) is 6.04 Å². The number of aromatic nitrogens is 2. The van der Waals surface area contributed by atoms with Gasteiger partial charge in [0, 0.05) is 19.1 Å². The molecule has 0 amide bonds. The van der Waals surface area contributed by atoms with Crippen LogP contribution in [0.1, 0.15) is 0 Å². The van der Waals surface area contributed by atoms with Gasteiger partial charge < -0.3 is 10.2 Å². The maximum Gasteiger partial charge on any atom is 0.192 e. The fourth-order valence-corrected chi connectivity index (χ4v) is 2.72. The summed E-state index contributed by atoms with van der Waals surface area (Å²) in [4.78, 5) is 10.9. The first-order valence-electron chi connectivity index (χ1n) is 5.76. The number of rotatable bonds is 3. The van der Waals surface area contributed by atoms with Crippen molar-refractivity contribution in [3.8, 4) is 10.6 Å². The van der Waals surface area contributed by atoms with Gasteiger partial charge in [-0.05, 0) is 18.5 Å². The molecule has 18 heavy (non-hydrogen) atoms. The van der Waals surface area contributed by atoms with E-state index in [-0.39, 0.29) is 5.82 Å². The highest BCUT2D eigenvalue weighted by molar-refractivity contribution is 7.13. The zero-order valence-corrected chi connectivity index (χ0v) is 10.7. The molecule has 3 rings (SSSR count). The largest absolute Gasteiger partial charge is 0.351 e. The maximum absolute atomic E-state index is 14.4. The summed E-state index contributed by atoms with van der Waals surface area (Å²) >= 11 is 1.48. The van der Waals surface area contributed by atoms with E-state index in [4.69, 9.17) is 0 Å². The summed E-state index contributed by atoms with van der Waals surface area (Å²) in [7, 11) is 1.91. The van der Waals surface area contributed by atoms with Gasteiger partial charge in [0.25, 0.3) is 0 Å². The Kier molecular flexibility index (Phi) is 2.97. The Morgan fingerprint density at radius 2 is 2.28 bits per heavy atom. The molecule has 1 N–H and O–H groups in total. The number of nitrogens with zero attached hydrogens (tertiary/aromatic N) is 3. The summed E-state index contributed by atoms with van der Waals surface area (Å²) in [6.45, 7) is 1.57. The van der Waals surface area contributed by atoms with E-state index < -0.39 is 0 Å². The summed E-state index contributed by atoms with van der Waals surface area (Å²) in [5, 5.41) is 5.07. The first kappa shape index (κ1) is 11.6. The molecule has 1 aliphatic rings. The number of anilines is 1. The van der Waals surface area contributed by atoms with Crippen LogP contribution in [0.2, 0.25) is 0 Å². The lowest BCUT2D eigenvalue weighted by atomic mass is 10.1. The van der Waals surface area contributed by atoms with E-state index in [1.807, 2.05) is 29.5 Å². The fraction of sp³-hybridized carbons (Fsp3) is 0.333. The molecule has 0 spiro atoms. The minimum absolute atomic E-state index is 0.325. The molecule has 6 heteroatoms. The van der Waals surface area contributed by atoms with Gasteiger partial charge >= 0.3 is 0 Å². The predicted molar refractivity (Wildman–Crippen MR) is 70.4 cm³/mol. The SMILES string of the molecule is CNC1CN(c2ncnc(-c3cccs3)c2F)C1. The quantitative estimate of drug-likeness (QED) is 0.917. The molecule has 0 aromatic carbocycles. The first-order chi connectivity index (χ1) is 8.79. The molecule has 1 fully saturated rings. The zero-order valence-electron chi connectivity index (χ0n) is 9.93. The van der Waals surface area contributed by atoms with Gasteiger partial charge in [0.15, 0.2) is 11.6 Å². The zero-order chi connectivity index (χ0) is 12.5. The van der Waals surface area contributed by atoms with Crippen molar-refractivity contribution in [2.24, 2.45) is 0 Å². The van der Waals surface area contributed by atoms with E-state index in [9.17, 15) is 4.39 Å². The van der Waals surface area contributed by atoms with E-state index in [2.05, 4.69) is 15.3 Å². The summed E-state index contributed by atoms with van der Waals surface area (Å²) < 4.78 is 14.4. The first-order valence-corrected chi connectivity index (χ1v) is 6.64. The molecule has 0 saturated carbocycles. The third-order valence-corrected chi connectivity index (χ3v) is 3.99. The molecule has 1 aliphatic heterocycles. The van der Waals surface area contributed by atoms with Crippen LogP contribution in [0.3, 0.4) is 0 Å². The molecule has 1 saturated heterocycles. The molecule has 4 nitrogen and oxygen atoms in total. The minimum atomic E-state index is -0.325. The smallest absolute Gasteiger partial charge is 0.192 e. The van der Waals surface area contributed by atoms with Gasteiger partial charge in [0.05, 0.1) is 4.88 Å². The van der Waals surface area contributed by atoms with Crippen LogP contribution in [0.15, 0.2) is 23.8 Å². The van der Waals surface area contributed by atoms with Crippen LogP contribution in [0.4, 0.5) is 10.2 Å². The normalized spacial score (nSPS) is 15.8. The molecular formula is C12H13FN4S. The monoisotopic (exact) mass is 264 g/mol. The second-order valence-electron chi connectivity index (χ2n) is 4.23. The van der Waals surface area contributed by atoms with E-state index in [0.717, 1.165) is 18.0 Å². The van der Waals surface area contributed by atoms with Crippen LogP contribution >= 0.6 is 11.3 Å². The third-order valence-electron chi connectivity index (χ3n) is 3.11. The Morgan fingerprint density at radius 3 is 2.94 bits per heavy atom. The number of likely N-dealkylation sites (N-methyl/N-ethyl adjacent to an activating group) is 1. The summed E-state index contributed by atoms with van der Waals surface area (Å²) in [6.07, 6.45) is 1.43. The van der Waals surface area contributed by atoms with Crippen LogP contribution in [-0.2, 0) is 0 Å². The van der Waals surface area contributed by atoms with E-state index >= 15 is 0 Å². The van der Waals surface area contributed by atoms with E-state index in [1.54, 1.807) is 0 Å². The molecule has 0 unspecified atom stereocenters. The third kappa shape index (κ3) is 1.87. The number of hydrogen-bond acceptors (Lipinski definition) is 5. The lowest BCUT2D eigenvalue weighted by molar-refractivity contribution is 0.438. The highest BCUT2D eigenvalue weighted by Crippen LogP contribution is 2.30. The van der Waals surface area contributed by atoms with Crippen LogP contribution in [0, 0.1) is 5.82 Å². The molecule has 2 aromatic heterocycles. The molecule has 0 bridgehead atoms. The van der Waals surface area contributed by atoms with Gasteiger partial charge in [-0.2, -0.15) is 0 Å². The topological polar surface area (TPSA) is 41.0 Å². The van der Waals surface area contributed by atoms with Crippen LogP contribution in [-0.4, -0.2) is 36.1 Å². The minimum Gasteiger partial charge on any atom is -0.351 e. The number of nitrogens with one attached hydrogen (secondary N) is 1. The van der Waals surface area contributed by atoms with Crippen molar-refractivity contribution < 1.29 is 4.39 Å². The van der Waals surface area contributed by atoms with Crippen molar-refractivity contribution in [1.82, 2.24) is 15.3 Å². The van der Waals surface area contributed by atoms with Gasteiger partial charge in [-0.15, -0.1) is 11.3 Å². The average Bonchev–Trinajstić information content (AvgIpc) is 2.83. The van der Waals surface area contributed by atoms with Gasteiger partial charge in [-0.3, -0.25) is 0 Å². The van der Waals surface area contributed by atoms with Crippen LogP contribution in [0.5, 0.6) is 0 Å². The predicted octanol–water partition coefficient (Wildman–Crippen LogP) is 1.75. The Morgan fingerprint density at radius 1 is 1.44 bits per heavy atom. The van der Waals surface area contributed by atoms with Gasteiger partial charge in [0.2, 0.25) is 0 Å². The molecule has 2 aromatic rings. The number of hydrogen-bond donors (Lipinski definition) is 1. The molecule has 0 aliphatic carbocycles. The fourth-order valence-electron chi connectivity index (χ4n) is 2.00. The summed E-state index contributed by atoms with van der Waals surface area (Å²) in [5.41, 5.74) is 0.392. The molecular weight excluding hydrogens is 251 g/mol. The standard InChI is InChI=1S/C12H13FN4S/c1-14-8-5-17(6-8)12-10(13)11(15-7-16-12)9-3-2-4-18-9/h2-4,7-8,14H,5-6H2,1H3.